The largest absolute Gasteiger partial charge is 0.371 e. The summed E-state index contributed by atoms with van der Waals surface area (Å²) in [6.45, 7) is 14.4. The van der Waals surface area contributed by atoms with Crippen molar-refractivity contribution in [1.82, 2.24) is 20.4 Å². The Labute approximate surface area is 155 Å². The predicted molar refractivity (Wildman–Crippen MR) is 102 cm³/mol. The molecule has 1 saturated heterocycles. The lowest BCUT2D eigenvalue weighted by Gasteiger charge is -2.36. The highest BCUT2D eigenvalue weighted by atomic mass is 32.2. The molecule has 7 nitrogen and oxygen atoms in total. The zero-order chi connectivity index (χ0) is 18.2. The second-order valence-corrected chi connectivity index (χ2v) is 7.76. The number of hydrogen-bond acceptors (Lipinski definition) is 6. The monoisotopic (exact) mass is 369 g/mol. The molecular weight excluding hydrogens is 338 g/mol. The molecule has 25 heavy (non-hydrogen) atoms. The van der Waals surface area contributed by atoms with E-state index in [1.165, 1.54) is 0 Å². The number of hydrogen-bond donors (Lipinski definition) is 1. The molecular formula is C17H31N5O2S. The SMILES string of the molecule is CCNC(=NCc1nc(C(C)OCC)no1)N1CCSC(C(C)C)C1. The Bertz CT molecular complexity index is 549. The fourth-order valence-corrected chi connectivity index (χ4v) is 3.96. The first kappa shape index (κ1) is 20.0. The molecule has 1 aromatic rings. The third-order valence-electron chi connectivity index (χ3n) is 4.10. The maximum absolute atomic E-state index is 5.49. The van der Waals surface area contributed by atoms with Crippen LogP contribution in [0.3, 0.4) is 0 Å². The predicted octanol–water partition coefficient (Wildman–Crippen LogP) is 2.71. The average molecular weight is 370 g/mol. The minimum absolute atomic E-state index is 0.161. The molecule has 1 fully saturated rings. The van der Waals surface area contributed by atoms with Crippen molar-refractivity contribution in [2.24, 2.45) is 10.9 Å². The summed E-state index contributed by atoms with van der Waals surface area (Å²) in [7, 11) is 0. The molecule has 1 aliphatic heterocycles. The topological polar surface area (TPSA) is 75.8 Å². The summed E-state index contributed by atoms with van der Waals surface area (Å²) in [5.41, 5.74) is 0. The number of thioether (sulfide) groups is 1. The molecule has 0 bridgehead atoms. The molecule has 1 aliphatic rings. The molecule has 0 aromatic carbocycles. The van der Waals surface area contributed by atoms with E-state index in [4.69, 9.17) is 14.3 Å². The minimum atomic E-state index is -0.161. The molecule has 0 saturated carbocycles. The highest BCUT2D eigenvalue weighted by molar-refractivity contribution is 8.00. The van der Waals surface area contributed by atoms with E-state index in [9.17, 15) is 0 Å². The smallest absolute Gasteiger partial charge is 0.248 e. The summed E-state index contributed by atoms with van der Waals surface area (Å²) in [5.74, 6) is 3.81. The van der Waals surface area contributed by atoms with Crippen molar-refractivity contribution in [3.05, 3.63) is 11.7 Å². The van der Waals surface area contributed by atoms with Crippen molar-refractivity contribution in [2.75, 3.05) is 32.0 Å². The van der Waals surface area contributed by atoms with Gasteiger partial charge in [-0.25, -0.2) is 4.99 Å². The fraction of sp³-hybridized carbons (Fsp3) is 0.824. The van der Waals surface area contributed by atoms with Crippen LogP contribution in [0.25, 0.3) is 0 Å². The summed E-state index contributed by atoms with van der Waals surface area (Å²) in [5, 5.41) is 8.01. The number of guanidine groups is 1. The molecule has 142 valence electrons. The van der Waals surface area contributed by atoms with Crippen LogP contribution in [0.4, 0.5) is 0 Å². The van der Waals surface area contributed by atoms with E-state index in [2.05, 4.69) is 52.9 Å². The zero-order valence-corrected chi connectivity index (χ0v) is 16.8. The molecule has 0 radical (unpaired) electrons. The van der Waals surface area contributed by atoms with E-state index in [-0.39, 0.29) is 6.10 Å². The van der Waals surface area contributed by atoms with Crippen LogP contribution >= 0.6 is 11.8 Å². The lowest BCUT2D eigenvalue weighted by molar-refractivity contribution is 0.0683. The second-order valence-electron chi connectivity index (χ2n) is 6.41. The van der Waals surface area contributed by atoms with Gasteiger partial charge in [-0.05, 0) is 26.7 Å². The molecule has 0 aliphatic carbocycles. The van der Waals surface area contributed by atoms with Crippen LogP contribution in [0.1, 0.15) is 52.4 Å². The molecule has 2 rings (SSSR count). The number of aliphatic imine (C=N–C) groups is 1. The van der Waals surface area contributed by atoms with Crippen LogP contribution in [0.2, 0.25) is 0 Å². The first-order chi connectivity index (χ1) is 12.0. The average Bonchev–Trinajstić information content (AvgIpc) is 3.08. The van der Waals surface area contributed by atoms with E-state index in [1.54, 1.807) is 0 Å². The summed E-state index contributed by atoms with van der Waals surface area (Å²) >= 11 is 2.06. The van der Waals surface area contributed by atoms with Crippen molar-refractivity contribution in [1.29, 1.82) is 0 Å². The molecule has 2 heterocycles. The van der Waals surface area contributed by atoms with Gasteiger partial charge in [-0.3, -0.25) is 0 Å². The minimum Gasteiger partial charge on any atom is -0.371 e. The standard InChI is InChI=1S/C17H31N5O2S/c1-6-18-17(22-8-9-25-14(11-22)12(3)4)19-10-15-20-16(21-24-15)13(5)23-7-2/h12-14H,6-11H2,1-5H3,(H,18,19). The van der Waals surface area contributed by atoms with Gasteiger partial charge in [-0.1, -0.05) is 19.0 Å². The van der Waals surface area contributed by atoms with E-state index < -0.39 is 0 Å². The normalized spacial score (nSPS) is 20.2. The van der Waals surface area contributed by atoms with Crippen molar-refractivity contribution >= 4 is 17.7 Å². The Morgan fingerprint density at radius 3 is 2.92 bits per heavy atom. The Morgan fingerprint density at radius 1 is 1.44 bits per heavy atom. The van der Waals surface area contributed by atoms with Crippen LogP contribution in [0, 0.1) is 5.92 Å². The van der Waals surface area contributed by atoms with Crippen molar-refractivity contribution in [2.45, 2.75) is 52.5 Å². The lowest BCUT2D eigenvalue weighted by atomic mass is 10.1. The Kier molecular flexibility index (Phi) is 8.02. The van der Waals surface area contributed by atoms with Crippen LogP contribution < -0.4 is 5.32 Å². The van der Waals surface area contributed by atoms with Gasteiger partial charge in [0.05, 0.1) is 0 Å². The number of ether oxygens (including phenoxy) is 1. The summed E-state index contributed by atoms with van der Waals surface area (Å²) in [4.78, 5) is 11.4. The van der Waals surface area contributed by atoms with Gasteiger partial charge in [0, 0.05) is 37.2 Å². The van der Waals surface area contributed by atoms with Crippen molar-refractivity contribution in [3.63, 3.8) is 0 Å². The van der Waals surface area contributed by atoms with E-state index >= 15 is 0 Å². The molecule has 1 aromatic heterocycles. The lowest BCUT2D eigenvalue weighted by Crippen LogP contribution is -2.49. The maximum Gasteiger partial charge on any atom is 0.248 e. The quantitative estimate of drug-likeness (QED) is 0.585. The number of nitrogens with one attached hydrogen (secondary N) is 1. The Balaban J connectivity index is 2.02. The third-order valence-corrected chi connectivity index (χ3v) is 5.64. The highest BCUT2D eigenvalue weighted by Crippen LogP contribution is 2.25. The van der Waals surface area contributed by atoms with E-state index in [1.807, 2.05) is 13.8 Å². The van der Waals surface area contributed by atoms with Crippen molar-refractivity contribution < 1.29 is 9.26 Å². The number of nitrogens with zero attached hydrogens (tertiary/aromatic N) is 4. The Morgan fingerprint density at radius 2 is 2.24 bits per heavy atom. The van der Waals surface area contributed by atoms with Crippen molar-refractivity contribution in [3.8, 4) is 0 Å². The molecule has 8 heteroatoms. The molecule has 2 unspecified atom stereocenters. The second kappa shape index (κ2) is 10.0. The van der Waals surface area contributed by atoms with Gasteiger partial charge in [0.15, 0.2) is 11.8 Å². The van der Waals surface area contributed by atoms with Crippen LogP contribution in [0.15, 0.2) is 9.52 Å². The van der Waals surface area contributed by atoms with Crippen LogP contribution in [-0.4, -0.2) is 58.2 Å². The number of rotatable bonds is 7. The van der Waals surface area contributed by atoms with E-state index in [0.29, 0.717) is 36.0 Å². The molecule has 1 N–H and O–H groups in total. The molecule has 0 spiro atoms. The molecule has 2 atom stereocenters. The Hall–Kier alpha value is -1.28. The summed E-state index contributed by atoms with van der Waals surface area (Å²) in [6, 6.07) is 0. The fourth-order valence-electron chi connectivity index (χ4n) is 2.66. The first-order valence-electron chi connectivity index (χ1n) is 9.14. The van der Waals surface area contributed by atoms with E-state index in [0.717, 1.165) is 31.3 Å². The highest BCUT2D eigenvalue weighted by Gasteiger charge is 2.25. The van der Waals surface area contributed by atoms with Crippen LogP contribution in [0.5, 0.6) is 0 Å². The summed E-state index contributed by atoms with van der Waals surface area (Å²) < 4.78 is 10.8. The van der Waals surface area contributed by atoms with Gasteiger partial charge in [-0.15, -0.1) is 0 Å². The van der Waals surface area contributed by atoms with Gasteiger partial charge in [0.2, 0.25) is 5.89 Å². The third kappa shape index (κ3) is 5.88. The molecule has 0 amide bonds. The maximum atomic E-state index is 5.49. The summed E-state index contributed by atoms with van der Waals surface area (Å²) in [6.07, 6.45) is -0.161. The first-order valence-corrected chi connectivity index (χ1v) is 10.2. The van der Waals surface area contributed by atoms with Gasteiger partial charge in [-0.2, -0.15) is 16.7 Å². The zero-order valence-electron chi connectivity index (χ0n) is 16.0. The van der Waals surface area contributed by atoms with Gasteiger partial charge in [0.1, 0.15) is 12.6 Å². The van der Waals surface area contributed by atoms with Gasteiger partial charge < -0.3 is 19.5 Å². The van der Waals surface area contributed by atoms with Gasteiger partial charge >= 0.3 is 0 Å². The number of aromatic nitrogens is 2. The van der Waals surface area contributed by atoms with Gasteiger partial charge in [0.25, 0.3) is 0 Å². The van der Waals surface area contributed by atoms with Crippen LogP contribution in [-0.2, 0) is 11.3 Å².